The summed E-state index contributed by atoms with van der Waals surface area (Å²) in [6.07, 6.45) is 0. The fourth-order valence-corrected chi connectivity index (χ4v) is 3.34. The Bertz CT molecular complexity index is 607. The average molecular weight is 283 g/mol. The van der Waals surface area contributed by atoms with Gasteiger partial charge in [0, 0.05) is 11.7 Å². The van der Waals surface area contributed by atoms with Crippen LogP contribution in [0.5, 0.6) is 0 Å². The van der Waals surface area contributed by atoms with E-state index in [1.54, 1.807) is 12.1 Å². The maximum absolute atomic E-state index is 11.6. The number of hydrogen-bond acceptors (Lipinski definition) is 4. The van der Waals surface area contributed by atoms with Crippen molar-refractivity contribution < 1.29 is 8.42 Å². The van der Waals surface area contributed by atoms with Gasteiger partial charge in [0.05, 0.1) is 5.69 Å². The van der Waals surface area contributed by atoms with Gasteiger partial charge in [0.1, 0.15) is 4.90 Å². The summed E-state index contributed by atoms with van der Waals surface area (Å²) in [5.74, 6) is 0. The van der Waals surface area contributed by atoms with Gasteiger partial charge < -0.3 is 11.1 Å². The molecule has 5 nitrogen and oxygen atoms in total. The Morgan fingerprint density at radius 3 is 2.11 bits per heavy atom. The molecule has 0 bridgehead atoms. The molecule has 2 rings (SSSR count). The molecule has 1 saturated carbocycles. The average Bonchev–Trinajstić information content (AvgIpc) is 2.61. The Hall–Kier alpha value is -1.27. The minimum Gasteiger partial charge on any atom is -0.399 e. The Labute approximate surface area is 114 Å². The maximum Gasteiger partial charge on any atom is 0.240 e. The lowest BCUT2D eigenvalue weighted by molar-refractivity contribution is 0.457. The Kier molecular flexibility index (Phi) is 2.88. The molecule has 1 aromatic rings. The molecule has 1 aliphatic carbocycles. The van der Waals surface area contributed by atoms with Crippen LogP contribution in [0.3, 0.4) is 0 Å². The summed E-state index contributed by atoms with van der Waals surface area (Å²) in [5.41, 5.74) is 6.72. The third kappa shape index (κ3) is 2.19. The highest BCUT2D eigenvalue weighted by molar-refractivity contribution is 7.89. The maximum atomic E-state index is 11.6. The molecule has 0 spiro atoms. The van der Waals surface area contributed by atoms with Crippen molar-refractivity contribution in [3.05, 3.63) is 18.2 Å². The molecule has 5 N–H and O–H groups in total. The van der Waals surface area contributed by atoms with E-state index in [2.05, 4.69) is 33.0 Å². The molecule has 0 heterocycles. The predicted molar refractivity (Wildman–Crippen MR) is 77.2 cm³/mol. The molecule has 6 heteroatoms. The number of hydrogen-bond donors (Lipinski definition) is 3. The first kappa shape index (κ1) is 14.1. The summed E-state index contributed by atoms with van der Waals surface area (Å²) in [4.78, 5) is 0.0472. The summed E-state index contributed by atoms with van der Waals surface area (Å²) >= 11 is 0. The van der Waals surface area contributed by atoms with Crippen LogP contribution in [-0.2, 0) is 10.0 Å². The van der Waals surface area contributed by atoms with E-state index in [9.17, 15) is 8.42 Å². The monoisotopic (exact) mass is 283 g/mol. The molecule has 0 radical (unpaired) electrons. The van der Waals surface area contributed by atoms with Crippen LogP contribution in [-0.4, -0.2) is 14.5 Å². The first-order valence-corrected chi connectivity index (χ1v) is 7.71. The van der Waals surface area contributed by atoms with Crippen LogP contribution in [0.4, 0.5) is 11.4 Å². The number of sulfonamides is 1. The summed E-state index contributed by atoms with van der Waals surface area (Å²) < 4.78 is 23.2. The Morgan fingerprint density at radius 1 is 1.16 bits per heavy atom. The molecule has 1 aliphatic rings. The zero-order valence-electron chi connectivity index (χ0n) is 11.7. The summed E-state index contributed by atoms with van der Waals surface area (Å²) in [7, 11) is -3.79. The normalized spacial score (nSPS) is 21.1. The van der Waals surface area contributed by atoms with Crippen molar-refractivity contribution in [2.24, 2.45) is 16.0 Å². The van der Waals surface area contributed by atoms with E-state index in [1.165, 1.54) is 6.07 Å². The lowest BCUT2D eigenvalue weighted by Crippen LogP contribution is -2.18. The first-order chi connectivity index (χ1) is 8.48. The number of nitrogens with one attached hydrogen (secondary N) is 1. The molecule has 0 saturated heterocycles. The highest BCUT2D eigenvalue weighted by Gasteiger charge is 2.65. The van der Waals surface area contributed by atoms with E-state index in [4.69, 9.17) is 10.9 Å². The second kappa shape index (κ2) is 3.86. The highest BCUT2D eigenvalue weighted by atomic mass is 32.2. The van der Waals surface area contributed by atoms with Crippen molar-refractivity contribution in [2.75, 3.05) is 11.1 Å². The zero-order chi connectivity index (χ0) is 14.6. The lowest BCUT2D eigenvalue weighted by Gasteiger charge is -2.13. The minimum absolute atomic E-state index is 0.0472. The molecule has 0 aromatic heterocycles. The summed E-state index contributed by atoms with van der Waals surface area (Å²) in [6, 6.07) is 4.92. The van der Waals surface area contributed by atoms with Crippen molar-refractivity contribution >= 4 is 21.4 Å². The third-order valence-corrected chi connectivity index (χ3v) is 5.58. The second-order valence-corrected chi connectivity index (χ2v) is 7.85. The molecule has 0 atom stereocenters. The van der Waals surface area contributed by atoms with E-state index in [0.717, 1.165) is 0 Å². The molecule has 1 aromatic carbocycles. The third-order valence-electron chi connectivity index (χ3n) is 4.63. The summed E-state index contributed by atoms with van der Waals surface area (Å²) in [6.45, 7) is 8.61. The number of rotatable bonds is 3. The Morgan fingerprint density at radius 2 is 1.68 bits per heavy atom. The van der Waals surface area contributed by atoms with Gasteiger partial charge in [-0.05, 0) is 29.0 Å². The largest absolute Gasteiger partial charge is 0.399 e. The van der Waals surface area contributed by atoms with Crippen molar-refractivity contribution in [3.63, 3.8) is 0 Å². The molecular formula is C13H21N3O2S. The van der Waals surface area contributed by atoms with E-state index in [0.29, 0.717) is 11.4 Å². The Balaban J connectivity index is 2.38. The van der Waals surface area contributed by atoms with Gasteiger partial charge in [-0.2, -0.15) is 0 Å². The highest BCUT2D eigenvalue weighted by Crippen LogP contribution is 2.63. The zero-order valence-corrected chi connectivity index (χ0v) is 12.5. The van der Waals surface area contributed by atoms with E-state index in [1.807, 2.05) is 0 Å². The van der Waals surface area contributed by atoms with Crippen LogP contribution in [0.15, 0.2) is 23.1 Å². The molecule has 0 aliphatic heterocycles. The minimum atomic E-state index is -3.79. The van der Waals surface area contributed by atoms with Gasteiger partial charge in [0.2, 0.25) is 10.0 Å². The molecular weight excluding hydrogens is 262 g/mol. The van der Waals surface area contributed by atoms with Crippen molar-refractivity contribution in [2.45, 2.75) is 38.6 Å². The van der Waals surface area contributed by atoms with Crippen LogP contribution in [0, 0.1) is 10.8 Å². The van der Waals surface area contributed by atoms with Crippen LogP contribution in [0.2, 0.25) is 0 Å². The topological polar surface area (TPSA) is 98.2 Å². The van der Waals surface area contributed by atoms with Crippen LogP contribution in [0.1, 0.15) is 27.7 Å². The number of primary sulfonamides is 1. The van der Waals surface area contributed by atoms with Crippen molar-refractivity contribution in [1.82, 2.24) is 0 Å². The van der Waals surface area contributed by atoms with Gasteiger partial charge in [-0.15, -0.1) is 0 Å². The molecule has 106 valence electrons. The first-order valence-electron chi connectivity index (χ1n) is 6.17. The van der Waals surface area contributed by atoms with Gasteiger partial charge in [0.25, 0.3) is 0 Å². The number of nitrogen functional groups attached to an aromatic ring is 1. The number of benzene rings is 1. The fraction of sp³-hybridized carbons (Fsp3) is 0.538. The van der Waals surface area contributed by atoms with Crippen LogP contribution >= 0.6 is 0 Å². The van der Waals surface area contributed by atoms with Gasteiger partial charge in [0.15, 0.2) is 0 Å². The van der Waals surface area contributed by atoms with Gasteiger partial charge >= 0.3 is 0 Å². The van der Waals surface area contributed by atoms with Gasteiger partial charge in [-0.25, -0.2) is 13.6 Å². The van der Waals surface area contributed by atoms with Crippen LogP contribution in [0.25, 0.3) is 0 Å². The molecule has 0 amide bonds. The van der Waals surface area contributed by atoms with Crippen molar-refractivity contribution in [3.8, 4) is 0 Å². The van der Waals surface area contributed by atoms with E-state index >= 15 is 0 Å². The SMILES string of the molecule is CC1(C)C(Nc2ccc(N)cc2S(N)(=O)=O)C1(C)C. The van der Waals surface area contributed by atoms with Gasteiger partial charge in [-0.1, -0.05) is 27.7 Å². The van der Waals surface area contributed by atoms with Gasteiger partial charge in [-0.3, -0.25) is 0 Å². The standard InChI is InChI=1S/C13H21N3O2S/c1-12(2)11(13(12,3)4)16-9-6-5-8(14)7-10(9)19(15,17)18/h5-7,11,16H,14H2,1-4H3,(H2,15,17,18). The predicted octanol–water partition coefficient (Wildman–Crippen LogP) is 1.76. The molecule has 0 unspecified atom stereocenters. The second-order valence-electron chi connectivity index (χ2n) is 6.32. The molecule has 19 heavy (non-hydrogen) atoms. The van der Waals surface area contributed by atoms with Crippen molar-refractivity contribution in [1.29, 1.82) is 0 Å². The lowest BCUT2D eigenvalue weighted by atomic mass is 10.0. The van der Waals surface area contributed by atoms with E-state index < -0.39 is 10.0 Å². The van der Waals surface area contributed by atoms with Crippen LogP contribution < -0.4 is 16.2 Å². The molecule has 1 fully saturated rings. The fourth-order valence-electron chi connectivity index (χ4n) is 2.61. The smallest absolute Gasteiger partial charge is 0.240 e. The summed E-state index contributed by atoms with van der Waals surface area (Å²) in [5, 5.41) is 8.52. The number of anilines is 2. The van der Waals surface area contributed by atoms with E-state index in [-0.39, 0.29) is 21.8 Å². The number of nitrogens with two attached hydrogens (primary N) is 2. The quantitative estimate of drug-likeness (QED) is 0.736.